The average molecular weight is 368 g/mol. The Labute approximate surface area is 144 Å². The molecule has 0 aromatic carbocycles. The van der Waals surface area contributed by atoms with Gasteiger partial charge in [-0.3, -0.25) is 10.1 Å². The van der Waals surface area contributed by atoms with E-state index in [1.54, 1.807) is 0 Å². The highest BCUT2D eigenvalue weighted by atomic mass is 32.1. The maximum absolute atomic E-state index is 13.3. The van der Waals surface area contributed by atoms with Crippen molar-refractivity contribution in [2.45, 2.75) is 12.3 Å². The van der Waals surface area contributed by atoms with Crippen LogP contribution in [-0.2, 0) is 0 Å². The highest BCUT2D eigenvalue weighted by molar-refractivity contribution is 7.20. The first-order valence-electron chi connectivity index (χ1n) is 7.20. The molecule has 132 valence electrons. The summed E-state index contributed by atoms with van der Waals surface area (Å²) in [5, 5.41) is 2.52. The Morgan fingerprint density at radius 2 is 1.96 bits per heavy atom. The molecule has 5 N–H and O–H groups in total. The maximum atomic E-state index is 13.3. The second-order valence-corrected chi connectivity index (χ2v) is 6.55. The van der Waals surface area contributed by atoms with Crippen LogP contribution in [0.4, 0.5) is 24.3 Å². The van der Waals surface area contributed by atoms with E-state index in [-0.39, 0.29) is 35.9 Å². The minimum absolute atomic E-state index is 0.0886. The van der Waals surface area contributed by atoms with Gasteiger partial charge in [0.2, 0.25) is 0 Å². The number of carbonyl (C=O) groups is 2. The second-order valence-electron chi connectivity index (χ2n) is 5.50. The Balaban J connectivity index is 1.85. The molecule has 1 aliphatic rings. The zero-order valence-electron chi connectivity index (χ0n) is 12.8. The van der Waals surface area contributed by atoms with Gasteiger partial charge in [0, 0.05) is 13.0 Å². The van der Waals surface area contributed by atoms with Crippen molar-refractivity contribution in [3.63, 3.8) is 0 Å². The zero-order chi connectivity index (χ0) is 18.2. The van der Waals surface area contributed by atoms with Crippen molar-refractivity contribution in [2.75, 3.05) is 23.3 Å². The van der Waals surface area contributed by atoms with Crippen LogP contribution < -0.4 is 21.7 Å². The van der Waals surface area contributed by atoms with Gasteiger partial charge in [0.25, 0.3) is 11.8 Å². The van der Waals surface area contributed by atoms with Crippen molar-refractivity contribution >= 4 is 34.0 Å². The van der Waals surface area contributed by atoms with Gasteiger partial charge in [-0.05, 0) is 6.07 Å². The monoisotopic (exact) mass is 368 g/mol. The fraction of sp³-hybridized carbons (Fsp3) is 0.286. The van der Waals surface area contributed by atoms with Gasteiger partial charge in [-0.2, -0.15) is 0 Å². The molecule has 25 heavy (non-hydrogen) atoms. The molecule has 0 bridgehead atoms. The van der Waals surface area contributed by atoms with E-state index in [0.717, 1.165) is 11.3 Å². The Bertz CT molecular complexity index is 823. The quantitative estimate of drug-likeness (QED) is 0.756. The fourth-order valence-corrected chi connectivity index (χ4v) is 3.47. The highest BCUT2D eigenvalue weighted by Gasteiger charge is 2.38. The Hall–Kier alpha value is -2.82. The summed E-state index contributed by atoms with van der Waals surface area (Å²) >= 11 is 1.04. The number of halogens is 2. The number of amides is 3. The molecule has 1 aliphatic heterocycles. The lowest BCUT2D eigenvalue weighted by Gasteiger charge is -2.17. The van der Waals surface area contributed by atoms with Gasteiger partial charge < -0.3 is 16.4 Å². The first kappa shape index (κ1) is 17.0. The van der Waals surface area contributed by atoms with Gasteiger partial charge in [-0.15, -0.1) is 11.3 Å². The molecule has 2 aromatic heterocycles. The summed E-state index contributed by atoms with van der Waals surface area (Å²) < 4.78 is 26.6. The van der Waals surface area contributed by atoms with E-state index in [2.05, 4.69) is 15.3 Å². The van der Waals surface area contributed by atoms with E-state index in [9.17, 15) is 18.4 Å². The molecular weight excluding hydrogens is 354 g/mol. The third-order valence-corrected chi connectivity index (χ3v) is 4.67. The summed E-state index contributed by atoms with van der Waals surface area (Å²) in [7, 11) is 0. The summed E-state index contributed by atoms with van der Waals surface area (Å²) in [5.74, 6) is -3.17. The normalized spacial score (nSPS) is 16.0. The number of hydrogen-bond donors (Lipinski definition) is 3. The molecular formula is C14H14F2N6O2S. The molecule has 0 saturated carbocycles. The number of urea groups is 1. The van der Waals surface area contributed by atoms with Gasteiger partial charge in [-0.1, -0.05) is 0 Å². The van der Waals surface area contributed by atoms with Crippen LogP contribution in [0, 0.1) is 0 Å². The number of aromatic nitrogens is 2. The average Bonchev–Trinajstić information content (AvgIpc) is 3.10. The lowest BCUT2D eigenvalue weighted by molar-refractivity contribution is 0.0257. The van der Waals surface area contributed by atoms with Crippen LogP contribution in [0.2, 0.25) is 0 Å². The smallest absolute Gasteiger partial charge is 0.317 e. The molecule has 3 amide bonds. The van der Waals surface area contributed by atoms with E-state index in [0.29, 0.717) is 10.6 Å². The van der Waals surface area contributed by atoms with Gasteiger partial charge in [0.1, 0.15) is 5.00 Å². The number of carbonyl (C=O) groups excluding carboxylic acids is 2. The highest BCUT2D eigenvalue weighted by Crippen LogP contribution is 2.35. The number of alkyl halides is 2. The SMILES string of the molecule is NC(=O)Nc1sc(-c2ncc(N3CCC(F)(F)C3)cn2)cc1C(N)=O. The van der Waals surface area contributed by atoms with Crippen molar-refractivity contribution in [3.8, 4) is 10.7 Å². The number of primary amides is 2. The summed E-state index contributed by atoms with van der Waals surface area (Å²) in [6.07, 6.45) is 2.67. The Morgan fingerprint density at radius 1 is 1.28 bits per heavy atom. The minimum Gasteiger partial charge on any atom is -0.366 e. The van der Waals surface area contributed by atoms with Crippen molar-refractivity contribution in [3.05, 3.63) is 24.0 Å². The predicted molar refractivity (Wildman–Crippen MR) is 88.8 cm³/mol. The number of anilines is 2. The first-order chi connectivity index (χ1) is 11.7. The number of nitrogens with one attached hydrogen (secondary N) is 1. The van der Waals surface area contributed by atoms with Crippen LogP contribution in [-0.4, -0.2) is 40.9 Å². The summed E-state index contributed by atoms with van der Waals surface area (Å²) in [6, 6.07) is 0.610. The van der Waals surface area contributed by atoms with Crippen LogP contribution in [0.25, 0.3) is 10.7 Å². The standard InChI is InChI=1S/C14H14F2N6O2S/c15-14(16)1-2-22(6-14)7-4-19-11(20-5-7)9-3-8(10(17)23)12(25-9)21-13(18)24/h3-5H,1-2,6H2,(H2,17,23)(H3,18,21,24). The number of rotatable bonds is 4. The third-order valence-electron chi connectivity index (χ3n) is 3.63. The molecule has 3 rings (SSSR count). The lowest BCUT2D eigenvalue weighted by atomic mass is 10.2. The molecule has 0 atom stereocenters. The Morgan fingerprint density at radius 3 is 2.48 bits per heavy atom. The first-order valence-corrected chi connectivity index (χ1v) is 8.02. The van der Waals surface area contributed by atoms with Crippen molar-refractivity contribution in [1.82, 2.24) is 9.97 Å². The molecule has 2 aromatic rings. The molecule has 1 saturated heterocycles. The molecule has 0 spiro atoms. The van der Waals surface area contributed by atoms with Gasteiger partial charge >= 0.3 is 6.03 Å². The summed E-state index contributed by atoms with van der Waals surface area (Å²) in [4.78, 5) is 32.7. The van der Waals surface area contributed by atoms with E-state index in [1.165, 1.54) is 23.4 Å². The predicted octanol–water partition coefficient (Wildman–Crippen LogP) is 1.64. The van der Waals surface area contributed by atoms with Gasteiger partial charge in [-0.25, -0.2) is 23.5 Å². The topological polar surface area (TPSA) is 127 Å². The van der Waals surface area contributed by atoms with Crippen LogP contribution in [0.15, 0.2) is 18.5 Å². The van der Waals surface area contributed by atoms with Crippen LogP contribution >= 0.6 is 11.3 Å². The van der Waals surface area contributed by atoms with Crippen molar-refractivity contribution < 1.29 is 18.4 Å². The number of nitrogens with two attached hydrogens (primary N) is 2. The second kappa shape index (κ2) is 6.24. The zero-order valence-corrected chi connectivity index (χ0v) is 13.6. The lowest BCUT2D eigenvalue weighted by Crippen LogP contribution is -2.25. The van der Waals surface area contributed by atoms with Crippen LogP contribution in [0.3, 0.4) is 0 Å². The molecule has 0 unspecified atom stereocenters. The third kappa shape index (κ3) is 3.65. The van der Waals surface area contributed by atoms with E-state index in [4.69, 9.17) is 11.5 Å². The van der Waals surface area contributed by atoms with Crippen molar-refractivity contribution in [2.24, 2.45) is 11.5 Å². The molecule has 11 heteroatoms. The van der Waals surface area contributed by atoms with Crippen molar-refractivity contribution in [1.29, 1.82) is 0 Å². The molecule has 3 heterocycles. The minimum atomic E-state index is -2.71. The largest absolute Gasteiger partial charge is 0.366 e. The number of thiophene rings is 1. The van der Waals surface area contributed by atoms with E-state index < -0.39 is 17.9 Å². The molecule has 0 radical (unpaired) electrons. The number of hydrogen-bond acceptors (Lipinski definition) is 6. The maximum Gasteiger partial charge on any atom is 0.317 e. The van der Waals surface area contributed by atoms with Gasteiger partial charge in [0.15, 0.2) is 5.82 Å². The Kier molecular flexibility index (Phi) is 4.25. The van der Waals surface area contributed by atoms with Gasteiger partial charge in [0.05, 0.1) is 35.1 Å². The summed E-state index contributed by atoms with van der Waals surface area (Å²) in [5.41, 5.74) is 10.9. The fourth-order valence-electron chi connectivity index (χ4n) is 2.46. The number of nitrogens with zero attached hydrogens (tertiary/aromatic N) is 3. The van der Waals surface area contributed by atoms with Crippen LogP contribution in [0.1, 0.15) is 16.8 Å². The summed E-state index contributed by atoms with van der Waals surface area (Å²) in [6.45, 7) is -0.138. The molecule has 1 fully saturated rings. The molecule has 8 nitrogen and oxygen atoms in total. The van der Waals surface area contributed by atoms with Crippen LogP contribution in [0.5, 0.6) is 0 Å². The van der Waals surface area contributed by atoms with E-state index in [1.807, 2.05) is 0 Å². The molecule has 0 aliphatic carbocycles. The van der Waals surface area contributed by atoms with E-state index >= 15 is 0 Å².